The van der Waals surface area contributed by atoms with E-state index in [4.69, 9.17) is 0 Å². The number of nitrogens with zero attached hydrogens (tertiary/aromatic N) is 4. The maximum absolute atomic E-state index is 13.6. The summed E-state index contributed by atoms with van der Waals surface area (Å²) in [6.45, 7) is 3.61. The predicted molar refractivity (Wildman–Crippen MR) is 117 cm³/mol. The van der Waals surface area contributed by atoms with Gasteiger partial charge in [0.1, 0.15) is 11.6 Å². The summed E-state index contributed by atoms with van der Waals surface area (Å²) >= 11 is 0. The highest BCUT2D eigenvalue weighted by Crippen LogP contribution is 2.45. The lowest BCUT2D eigenvalue weighted by Gasteiger charge is -2.28. The van der Waals surface area contributed by atoms with Crippen molar-refractivity contribution in [1.29, 1.82) is 0 Å². The fourth-order valence-electron chi connectivity index (χ4n) is 4.37. The monoisotopic (exact) mass is 434 g/mol. The van der Waals surface area contributed by atoms with Gasteiger partial charge in [-0.25, -0.2) is 9.97 Å². The van der Waals surface area contributed by atoms with Crippen LogP contribution >= 0.6 is 0 Å². The van der Waals surface area contributed by atoms with E-state index in [1.54, 1.807) is 13.1 Å². The molecule has 7 heteroatoms. The number of anilines is 2. The number of pyridine rings is 1. The van der Waals surface area contributed by atoms with Crippen molar-refractivity contribution in [2.45, 2.75) is 32.5 Å². The quantitative estimate of drug-likeness (QED) is 0.377. The molecule has 0 bridgehead atoms. The molecular formula is C25H21F3N4. The number of benzene rings is 2. The summed E-state index contributed by atoms with van der Waals surface area (Å²) in [6.07, 6.45) is -0.215. The average molecular weight is 434 g/mol. The minimum Gasteiger partial charge on any atom is -0.315 e. The number of rotatable bonds is 3. The van der Waals surface area contributed by atoms with Crippen molar-refractivity contribution in [2.75, 3.05) is 4.90 Å². The van der Waals surface area contributed by atoms with E-state index in [0.29, 0.717) is 12.1 Å². The van der Waals surface area contributed by atoms with Crippen LogP contribution in [0.1, 0.15) is 34.3 Å². The first-order chi connectivity index (χ1) is 15.3. The van der Waals surface area contributed by atoms with E-state index in [2.05, 4.69) is 16.0 Å². The van der Waals surface area contributed by atoms with Gasteiger partial charge in [-0.15, -0.1) is 0 Å². The smallest absolute Gasteiger partial charge is 0.315 e. The number of hydrogen-bond acceptors (Lipinski definition) is 3. The minimum absolute atomic E-state index is 0.270. The van der Waals surface area contributed by atoms with Crippen LogP contribution in [0.15, 0.2) is 73.1 Å². The van der Waals surface area contributed by atoms with Crippen molar-refractivity contribution in [3.63, 3.8) is 0 Å². The molecule has 0 radical (unpaired) electrons. The summed E-state index contributed by atoms with van der Waals surface area (Å²) in [5.41, 5.74) is 3.59. The van der Waals surface area contributed by atoms with Gasteiger partial charge in [-0.3, -0.25) is 0 Å². The SMILES string of the molecule is Cc1cccc(-n2ccnc2[C@@H]2Cc3ccccc3N2c2cc(C(F)(F)F)cc(C)n2)c1. The fraction of sp³-hybridized carbons (Fsp3) is 0.200. The van der Waals surface area contributed by atoms with E-state index < -0.39 is 11.7 Å². The highest BCUT2D eigenvalue weighted by atomic mass is 19.4. The van der Waals surface area contributed by atoms with Crippen LogP contribution in [0.4, 0.5) is 24.7 Å². The highest BCUT2D eigenvalue weighted by Gasteiger charge is 2.37. The third-order valence-corrected chi connectivity index (χ3v) is 5.74. The molecule has 32 heavy (non-hydrogen) atoms. The average Bonchev–Trinajstić information content (AvgIpc) is 3.37. The molecule has 0 saturated carbocycles. The van der Waals surface area contributed by atoms with Crippen molar-refractivity contribution in [1.82, 2.24) is 14.5 Å². The molecule has 1 aliphatic heterocycles. The number of aromatic nitrogens is 3. The first kappa shape index (κ1) is 20.3. The fourth-order valence-corrected chi connectivity index (χ4v) is 4.37. The van der Waals surface area contributed by atoms with Crippen molar-refractivity contribution < 1.29 is 13.2 Å². The summed E-state index contributed by atoms with van der Waals surface area (Å²) in [7, 11) is 0. The Morgan fingerprint density at radius 2 is 1.78 bits per heavy atom. The van der Waals surface area contributed by atoms with Crippen LogP contribution in [0, 0.1) is 13.8 Å². The molecule has 2 aromatic carbocycles. The van der Waals surface area contributed by atoms with Gasteiger partial charge in [0.2, 0.25) is 0 Å². The van der Waals surface area contributed by atoms with E-state index in [9.17, 15) is 13.2 Å². The van der Waals surface area contributed by atoms with Gasteiger partial charge < -0.3 is 9.47 Å². The standard InChI is InChI=1S/C25H21F3N4/c1-16-6-5-8-20(12-16)31-11-10-29-24(31)22-14-18-7-3-4-9-21(18)32(22)23-15-19(25(26,27)28)13-17(2)30-23/h3-13,15,22H,14H2,1-2H3/t22-/m0/s1. The van der Waals surface area contributed by atoms with Gasteiger partial charge in [-0.2, -0.15) is 13.2 Å². The zero-order valence-electron chi connectivity index (χ0n) is 17.6. The van der Waals surface area contributed by atoms with Gasteiger partial charge in [0.05, 0.1) is 11.6 Å². The predicted octanol–water partition coefficient (Wildman–Crippen LogP) is 6.34. The summed E-state index contributed by atoms with van der Waals surface area (Å²) in [5, 5.41) is 0. The minimum atomic E-state index is -4.45. The van der Waals surface area contributed by atoms with E-state index in [1.165, 1.54) is 0 Å². The molecule has 0 N–H and O–H groups in total. The molecule has 162 valence electrons. The molecule has 0 spiro atoms. The van der Waals surface area contributed by atoms with Crippen LogP contribution in [0.25, 0.3) is 5.69 Å². The van der Waals surface area contributed by atoms with Crippen LogP contribution in [-0.2, 0) is 12.6 Å². The van der Waals surface area contributed by atoms with Gasteiger partial charge in [-0.05, 0) is 55.3 Å². The van der Waals surface area contributed by atoms with E-state index in [1.807, 2.05) is 65.1 Å². The van der Waals surface area contributed by atoms with Gasteiger partial charge in [0.15, 0.2) is 0 Å². The molecule has 1 aliphatic rings. The highest BCUT2D eigenvalue weighted by molar-refractivity contribution is 5.70. The molecule has 4 aromatic rings. The normalized spacial score (nSPS) is 15.8. The molecule has 2 aromatic heterocycles. The van der Waals surface area contributed by atoms with Crippen LogP contribution in [0.2, 0.25) is 0 Å². The zero-order chi connectivity index (χ0) is 22.5. The number of alkyl halides is 3. The Bertz CT molecular complexity index is 1290. The molecule has 0 saturated heterocycles. The number of para-hydroxylation sites is 1. The lowest BCUT2D eigenvalue weighted by atomic mass is 10.1. The Morgan fingerprint density at radius 3 is 2.56 bits per heavy atom. The van der Waals surface area contributed by atoms with E-state index >= 15 is 0 Å². The largest absolute Gasteiger partial charge is 0.416 e. The van der Waals surface area contributed by atoms with Gasteiger partial charge in [-0.1, -0.05) is 30.3 Å². The Morgan fingerprint density at radius 1 is 0.969 bits per heavy atom. The second kappa shape index (κ2) is 7.51. The van der Waals surface area contributed by atoms with Crippen LogP contribution in [-0.4, -0.2) is 14.5 Å². The van der Waals surface area contributed by atoms with Gasteiger partial charge >= 0.3 is 6.18 Å². The van der Waals surface area contributed by atoms with Crippen molar-refractivity contribution in [3.05, 3.63) is 101 Å². The Balaban J connectivity index is 1.67. The molecule has 3 heterocycles. The molecule has 5 rings (SSSR count). The van der Waals surface area contributed by atoms with Crippen molar-refractivity contribution in [2.24, 2.45) is 0 Å². The first-order valence-electron chi connectivity index (χ1n) is 10.3. The molecule has 0 amide bonds. The van der Waals surface area contributed by atoms with Gasteiger partial charge in [0.25, 0.3) is 0 Å². The Kier molecular flexibility index (Phi) is 4.77. The zero-order valence-corrected chi connectivity index (χ0v) is 17.6. The Hall–Kier alpha value is -3.61. The van der Waals surface area contributed by atoms with Crippen LogP contribution < -0.4 is 4.90 Å². The number of hydrogen-bond donors (Lipinski definition) is 0. The summed E-state index contributed by atoms with van der Waals surface area (Å²) < 4.78 is 42.7. The number of fused-ring (bicyclic) bond motifs is 1. The lowest BCUT2D eigenvalue weighted by Crippen LogP contribution is -2.24. The van der Waals surface area contributed by atoms with Crippen molar-refractivity contribution >= 4 is 11.5 Å². The summed E-state index contributed by atoms with van der Waals surface area (Å²) in [5.74, 6) is 1.02. The molecular weight excluding hydrogens is 413 g/mol. The van der Waals surface area contributed by atoms with Crippen molar-refractivity contribution in [3.8, 4) is 5.69 Å². The first-order valence-corrected chi connectivity index (χ1v) is 10.3. The topological polar surface area (TPSA) is 34.0 Å². The molecule has 1 atom stereocenters. The molecule has 0 aliphatic carbocycles. The number of aryl methyl sites for hydroxylation is 2. The molecule has 0 unspecified atom stereocenters. The maximum atomic E-state index is 13.6. The molecule has 0 fully saturated rings. The number of imidazole rings is 1. The van der Waals surface area contributed by atoms with E-state index in [0.717, 1.165) is 40.5 Å². The summed E-state index contributed by atoms with van der Waals surface area (Å²) in [4.78, 5) is 11.0. The summed E-state index contributed by atoms with van der Waals surface area (Å²) in [6, 6.07) is 17.7. The maximum Gasteiger partial charge on any atom is 0.416 e. The second-order valence-electron chi connectivity index (χ2n) is 8.07. The second-order valence-corrected chi connectivity index (χ2v) is 8.07. The third kappa shape index (κ3) is 3.53. The molecule has 4 nitrogen and oxygen atoms in total. The number of halogens is 3. The van der Waals surface area contributed by atoms with Crippen LogP contribution in [0.3, 0.4) is 0 Å². The van der Waals surface area contributed by atoms with E-state index in [-0.39, 0.29) is 11.9 Å². The lowest BCUT2D eigenvalue weighted by molar-refractivity contribution is -0.137. The third-order valence-electron chi connectivity index (χ3n) is 5.74. The van der Waals surface area contributed by atoms with Crippen LogP contribution in [0.5, 0.6) is 0 Å². The van der Waals surface area contributed by atoms with Gasteiger partial charge in [0, 0.05) is 35.9 Å². The Labute approximate surface area is 184 Å².